The molecule has 1 aliphatic rings. The van der Waals surface area contributed by atoms with Gasteiger partial charge in [-0.25, -0.2) is 4.79 Å². The molecule has 1 saturated carbocycles. The maximum absolute atomic E-state index is 11.8. The first-order valence-corrected chi connectivity index (χ1v) is 7.33. The first-order chi connectivity index (χ1) is 9.04. The fraction of sp³-hybridized carbons (Fsp3) is 0.857. The molecule has 110 valence electrons. The molecular weight excluding hydrogens is 242 g/mol. The summed E-state index contributed by atoms with van der Waals surface area (Å²) in [5.41, 5.74) is 0. The van der Waals surface area contributed by atoms with Crippen LogP contribution in [0, 0.1) is 5.92 Å². The predicted octanol–water partition coefficient (Wildman–Crippen LogP) is 1.78. The van der Waals surface area contributed by atoms with Crippen LogP contribution in [0.25, 0.3) is 0 Å². The second-order valence-corrected chi connectivity index (χ2v) is 5.50. The lowest BCUT2D eigenvalue weighted by atomic mass is 9.92. The van der Waals surface area contributed by atoms with Crippen LogP contribution in [0.3, 0.4) is 0 Å². The van der Waals surface area contributed by atoms with Crippen LogP contribution in [-0.4, -0.2) is 31.1 Å². The van der Waals surface area contributed by atoms with Crippen LogP contribution in [0.2, 0.25) is 0 Å². The Bertz CT molecular complexity index is 299. The summed E-state index contributed by atoms with van der Waals surface area (Å²) in [7, 11) is 1.49. The summed E-state index contributed by atoms with van der Waals surface area (Å²) >= 11 is 0. The molecule has 0 heterocycles. The minimum Gasteiger partial charge on any atom is -0.341 e. The molecule has 5 heteroatoms. The largest absolute Gasteiger partial charge is 0.341 e. The van der Waals surface area contributed by atoms with E-state index in [9.17, 15) is 9.59 Å². The van der Waals surface area contributed by atoms with Gasteiger partial charge < -0.3 is 10.6 Å². The summed E-state index contributed by atoms with van der Waals surface area (Å²) < 4.78 is 0. The van der Waals surface area contributed by atoms with Crippen LogP contribution < -0.4 is 16.0 Å². The number of carbonyl (C=O) groups is 2. The van der Waals surface area contributed by atoms with Crippen molar-refractivity contribution in [3.05, 3.63) is 0 Å². The monoisotopic (exact) mass is 269 g/mol. The standard InChI is InChI=1S/C14H27N3O2/c1-10(12-8-6-4-5-7-9-12)16-11(2)13(18)17-14(19)15-3/h10-12,16H,4-9H2,1-3H3,(H2,15,17,18,19)/t10-,11?/m0/s1. The highest BCUT2D eigenvalue weighted by molar-refractivity contribution is 5.96. The Morgan fingerprint density at radius 1 is 1.05 bits per heavy atom. The van der Waals surface area contributed by atoms with Gasteiger partial charge in [-0.15, -0.1) is 0 Å². The highest BCUT2D eigenvalue weighted by atomic mass is 16.2. The molecule has 1 aliphatic carbocycles. The number of amides is 3. The van der Waals surface area contributed by atoms with E-state index in [1.54, 1.807) is 6.92 Å². The Kier molecular flexibility index (Phi) is 6.84. The second-order valence-electron chi connectivity index (χ2n) is 5.50. The quantitative estimate of drug-likeness (QED) is 0.681. The zero-order valence-corrected chi connectivity index (χ0v) is 12.3. The van der Waals surface area contributed by atoms with E-state index in [4.69, 9.17) is 0 Å². The molecule has 2 atom stereocenters. The number of imide groups is 1. The van der Waals surface area contributed by atoms with E-state index < -0.39 is 6.03 Å². The van der Waals surface area contributed by atoms with E-state index in [0.717, 1.165) is 0 Å². The Hall–Kier alpha value is -1.10. The second kappa shape index (κ2) is 8.15. The molecule has 5 nitrogen and oxygen atoms in total. The third kappa shape index (κ3) is 5.59. The summed E-state index contributed by atoms with van der Waals surface area (Å²) in [6.07, 6.45) is 7.70. The van der Waals surface area contributed by atoms with Gasteiger partial charge in [0.05, 0.1) is 6.04 Å². The molecule has 0 bridgehead atoms. The van der Waals surface area contributed by atoms with Gasteiger partial charge >= 0.3 is 6.03 Å². The summed E-state index contributed by atoms with van der Waals surface area (Å²) in [5, 5.41) is 7.99. The lowest BCUT2D eigenvalue weighted by Crippen LogP contribution is -2.50. The molecule has 3 N–H and O–H groups in total. The van der Waals surface area contributed by atoms with Crippen molar-refractivity contribution in [3.8, 4) is 0 Å². The topological polar surface area (TPSA) is 70.2 Å². The summed E-state index contributed by atoms with van der Waals surface area (Å²) in [4.78, 5) is 22.9. The Balaban J connectivity index is 2.39. The summed E-state index contributed by atoms with van der Waals surface area (Å²) in [5.74, 6) is 0.359. The number of urea groups is 1. The number of rotatable bonds is 4. The van der Waals surface area contributed by atoms with Crippen LogP contribution >= 0.6 is 0 Å². The third-order valence-corrected chi connectivity index (χ3v) is 3.98. The van der Waals surface area contributed by atoms with Gasteiger partial charge in [0, 0.05) is 13.1 Å². The maximum atomic E-state index is 11.8. The van der Waals surface area contributed by atoms with Crippen molar-refractivity contribution in [1.82, 2.24) is 16.0 Å². The van der Waals surface area contributed by atoms with Gasteiger partial charge in [-0.2, -0.15) is 0 Å². The third-order valence-electron chi connectivity index (χ3n) is 3.98. The molecular formula is C14H27N3O2. The number of carbonyl (C=O) groups excluding carboxylic acids is 2. The van der Waals surface area contributed by atoms with Gasteiger partial charge in [0.25, 0.3) is 0 Å². The Labute approximate surface area is 115 Å². The molecule has 0 saturated heterocycles. The average molecular weight is 269 g/mol. The molecule has 0 aromatic rings. The van der Waals surface area contributed by atoms with Crippen LogP contribution in [0.15, 0.2) is 0 Å². The summed E-state index contributed by atoms with van der Waals surface area (Å²) in [6.45, 7) is 3.94. The molecule has 0 spiro atoms. The van der Waals surface area contributed by atoms with Gasteiger partial charge in [-0.1, -0.05) is 25.7 Å². The number of hydrogen-bond donors (Lipinski definition) is 3. The first kappa shape index (κ1) is 16.0. The zero-order chi connectivity index (χ0) is 14.3. The molecule has 1 unspecified atom stereocenters. The molecule has 0 radical (unpaired) electrons. The fourth-order valence-corrected chi connectivity index (χ4v) is 2.70. The number of nitrogens with one attached hydrogen (secondary N) is 3. The van der Waals surface area contributed by atoms with Crippen LogP contribution in [0.5, 0.6) is 0 Å². The molecule has 0 aliphatic heterocycles. The van der Waals surface area contributed by atoms with E-state index in [2.05, 4.69) is 22.9 Å². The average Bonchev–Trinajstić information content (AvgIpc) is 2.67. The zero-order valence-electron chi connectivity index (χ0n) is 12.3. The van der Waals surface area contributed by atoms with Crippen LogP contribution in [-0.2, 0) is 4.79 Å². The van der Waals surface area contributed by atoms with E-state index in [1.807, 2.05) is 0 Å². The van der Waals surface area contributed by atoms with E-state index in [-0.39, 0.29) is 11.9 Å². The maximum Gasteiger partial charge on any atom is 0.321 e. The molecule has 1 rings (SSSR count). The van der Waals surface area contributed by atoms with Crippen molar-refractivity contribution in [2.45, 2.75) is 64.5 Å². The first-order valence-electron chi connectivity index (χ1n) is 7.33. The van der Waals surface area contributed by atoms with E-state index in [0.29, 0.717) is 12.0 Å². The van der Waals surface area contributed by atoms with Crippen molar-refractivity contribution >= 4 is 11.9 Å². The Morgan fingerprint density at radius 3 is 2.16 bits per heavy atom. The smallest absolute Gasteiger partial charge is 0.321 e. The highest BCUT2D eigenvalue weighted by Crippen LogP contribution is 2.25. The lowest BCUT2D eigenvalue weighted by molar-refractivity contribution is -0.121. The van der Waals surface area contributed by atoms with Crippen molar-refractivity contribution in [2.24, 2.45) is 5.92 Å². The molecule has 0 aromatic heterocycles. The minimum atomic E-state index is -0.458. The van der Waals surface area contributed by atoms with Crippen LogP contribution in [0.4, 0.5) is 4.79 Å². The van der Waals surface area contributed by atoms with Gasteiger partial charge in [0.1, 0.15) is 0 Å². The van der Waals surface area contributed by atoms with Crippen molar-refractivity contribution in [1.29, 1.82) is 0 Å². The van der Waals surface area contributed by atoms with Gasteiger partial charge in [0.2, 0.25) is 5.91 Å². The van der Waals surface area contributed by atoms with Crippen LogP contribution in [0.1, 0.15) is 52.4 Å². The molecule has 0 aromatic carbocycles. The normalized spacial score (nSPS) is 20.2. The van der Waals surface area contributed by atoms with Gasteiger partial charge in [0.15, 0.2) is 0 Å². The van der Waals surface area contributed by atoms with Crippen molar-refractivity contribution in [2.75, 3.05) is 7.05 Å². The van der Waals surface area contributed by atoms with Gasteiger partial charge in [-0.3, -0.25) is 10.1 Å². The summed E-state index contributed by atoms with van der Waals surface area (Å²) in [6, 6.07) is -0.500. The van der Waals surface area contributed by atoms with E-state index in [1.165, 1.54) is 45.6 Å². The number of hydrogen-bond acceptors (Lipinski definition) is 3. The predicted molar refractivity (Wildman–Crippen MR) is 75.9 cm³/mol. The highest BCUT2D eigenvalue weighted by Gasteiger charge is 2.23. The Morgan fingerprint density at radius 2 is 1.63 bits per heavy atom. The van der Waals surface area contributed by atoms with Crippen molar-refractivity contribution < 1.29 is 9.59 Å². The lowest BCUT2D eigenvalue weighted by Gasteiger charge is -2.26. The SMILES string of the molecule is CNC(=O)NC(=O)C(C)N[C@@H](C)C1CCCCCC1. The molecule has 1 fully saturated rings. The minimum absolute atomic E-state index is 0.278. The van der Waals surface area contributed by atoms with E-state index >= 15 is 0 Å². The molecule has 19 heavy (non-hydrogen) atoms. The van der Waals surface area contributed by atoms with Crippen molar-refractivity contribution in [3.63, 3.8) is 0 Å². The molecule has 3 amide bonds. The van der Waals surface area contributed by atoms with Gasteiger partial charge in [-0.05, 0) is 32.6 Å². The fourth-order valence-electron chi connectivity index (χ4n) is 2.70.